The van der Waals surface area contributed by atoms with Gasteiger partial charge in [0.25, 0.3) is 0 Å². The van der Waals surface area contributed by atoms with Crippen LogP contribution in [0.5, 0.6) is 0 Å². The monoisotopic (exact) mass is 278 g/mol. The van der Waals surface area contributed by atoms with Crippen molar-refractivity contribution >= 4 is 5.52 Å². The standard InChI is InChI=1S/C19H22N2/c1-3-7-17-15(2)14-21-13-12-20-18(19(17)21)11-10-16-8-5-4-6-9-16/h4-6,8-9,12-14H,3,7,10-11H2,1-2H3. The fourth-order valence-electron chi connectivity index (χ4n) is 3.05. The average molecular weight is 278 g/mol. The highest BCUT2D eigenvalue weighted by Gasteiger charge is 2.11. The molecule has 0 saturated heterocycles. The molecule has 0 aliphatic carbocycles. The highest BCUT2D eigenvalue weighted by atomic mass is 14.9. The van der Waals surface area contributed by atoms with Crippen LogP contribution in [0.2, 0.25) is 0 Å². The van der Waals surface area contributed by atoms with Crippen LogP contribution in [0.25, 0.3) is 5.52 Å². The summed E-state index contributed by atoms with van der Waals surface area (Å²) in [5.74, 6) is 0. The molecule has 21 heavy (non-hydrogen) atoms. The van der Waals surface area contributed by atoms with Crippen LogP contribution >= 0.6 is 0 Å². The lowest BCUT2D eigenvalue weighted by Crippen LogP contribution is -2.00. The van der Waals surface area contributed by atoms with Gasteiger partial charge in [-0.05, 0) is 42.9 Å². The van der Waals surface area contributed by atoms with E-state index in [4.69, 9.17) is 0 Å². The van der Waals surface area contributed by atoms with Gasteiger partial charge in [0.1, 0.15) is 0 Å². The zero-order valence-corrected chi connectivity index (χ0v) is 12.8. The maximum atomic E-state index is 4.66. The van der Waals surface area contributed by atoms with Crippen LogP contribution < -0.4 is 0 Å². The number of nitrogens with zero attached hydrogens (tertiary/aromatic N) is 2. The van der Waals surface area contributed by atoms with Crippen molar-refractivity contribution < 1.29 is 0 Å². The Morgan fingerprint density at radius 1 is 1.05 bits per heavy atom. The zero-order chi connectivity index (χ0) is 14.7. The molecular formula is C19H22N2. The van der Waals surface area contributed by atoms with Gasteiger partial charge in [0.15, 0.2) is 0 Å². The van der Waals surface area contributed by atoms with Gasteiger partial charge in [-0.15, -0.1) is 0 Å². The van der Waals surface area contributed by atoms with E-state index in [9.17, 15) is 0 Å². The predicted molar refractivity (Wildman–Crippen MR) is 87.8 cm³/mol. The van der Waals surface area contributed by atoms with E-state index in [0.29, 0.717) is 0 Å². The number of fused-ring (bicyclic) bond motifs is 1. The normalized spacial score (nSPS) is 11.1. The molecular weight excluding hydrogens is 256 g/mol. The Morgan fingerprint density at radius 3 is 2.62 bits per heavy atom. The molecule has 108 valence electrons. The molecule has 2 heterocycles. The van der Waals surface area contributed by atoms with E-state index < -0.39 is 0 Å². The Hall–Kier alpha value is -2.09. The molecule has 2 aromatic heterocycles. The molecule has 2 heteroatoms. The molecule has 0 bridgehead atoms. The summed E-state index contributed by atoms with van der Waals surface area (Å²) in [4.78, 5) is 4.66. The summed E-state index contributed by atoms with van der Waals surface area (Å²) in [6.07, 6.45) is 10.6. The van der Waals surface area contributed by atoms with E-state index in [0.717, 1.165) is 19.3 Å². The van der Waals surface area contributed by atoms with Crippen molar-refractivity contribution in [1.82, 2.24) is 9.38 Å². The van der Waals surface area contributed by atoms with Gasteiger partial charge in [-0.25, -0.2) is 0 Å². The third-order valence-electron chi connectivity index (χ3n) is 4.08. The number of hydrogen-bond donors (Lipinski definition) is 0. The smallest absolute Gasteiger partial charge is 0.0702 e. The molecule has 3 aromatic rings. The molecule has 0 unspecified atom stereocenters. The first-order valence-electron chi connectivity index (χ1n) is 7.77. The molecule has 0 fully saturated rings. The van der Waals surface area contributed by atoms with E-state index in [1.807, 2.05) is 6.20 Å². The molecule has 0 radical (unpaired) electrons. The minimum atomic E-state index is 0.995. The first-order chi connectivity index (χ1) is 10.3. The number of benzene rings is 1. The van der Waals surface area contributed by atoms with Crippen LogP contribution in [-0.4, -0.2) is 9.38 Å². The Bertz CT molecular complexity index is 726. The first-order valence-corrected chi connectivity index (χ1v) is 7.77. The Morgan fingerprint density at radius 2 is 1.86 bits per heavy atom. The van der Waals surface area contributed by atoms with Gasteiger partial charge in [-0.1, -0.05) is 43.7 Å². The maximum Gasteiger partial charge on any atom is 0.0702 e. The summed E-state index contributed by atoms with van der Waals surface area (Å²) in [7, 11) is 0. The van der Waals surface area contributed by atoms with Gasteiger partial charge in [0.2, 0.25) is 0 Å². The molecule has 0 saturated carbocycles. The summed E-state index contributed by atoms with van der Waals surface area (Å²) in [6.45, 7) is 4.45. The van der Waals surface area contributed by atoms with Crippen LogP contribution in [0.15, 0.2) is 48.9 Å². The fourth-order valence-corrected chi connectivity index (χ4v) is 3.05. The first kappa shape index (κ1) is 13.9. The Balaban J connectivity index is 1.94. The van der Waals surface area contributed by atoms with Gasteiger partial charge in [-0.2, -0.15) is 0 Å². The number of rotatable bonds is 5. The zero-order valence-electron chi connectivity index (χ0n) is 12.8. The third-order valence-corrected chi connectivity index (χ3v) is 4.08. The maximum absolute atomic E-state index is 4.66. The lowest BCUT2D eigenvalue weighted by atomic mass is 10.0. The van der Waals surface area contributed by atoms with Crippen molar-refractivity contribution in [2.24, 2.45) is 0 Å². The lowest BCUT2D eigenvalue weighted by molar-refractivity contribution is 0.890. The van der Waals surface area contributed by atoms with Crippen molar-refractivity contribution in [3.05, 3.63) is 71.3 Å². The molecule has 0 atom stereocenters. The highest BCUT2D eigenvalue weighted by Crippen LogP contribution is 2.23. The average Bonchev–Trinajstić information content (AvgIpc) is 2.83. The van der Waals surface area contributed by atoms with Crippen molar-refractivity contribution in [2.45, 2.75) is 39.5 Å². The molecule has 2 nitrogen and oxygen atoms in total. The van der Waals surface area contributed by atoms with E-state index in [2.05, 4.69) is 66.0 Å². The molecule has 0 N–H and O–H groups in total. The topological polar surface area (TPSA) is 17.3 Å². The molecule has 0 aliphatic rings. The second-order valence-electron chi connectivity index (χ2n) is 5.66. The van der Waals surface area contributed by atoms with Gasteiger partial charge in [0.05, 0.1) is 11.2 Å². The quantitative estimate of drug-likeness (QED) is 0.677. The van der Waals surface area contributed by atoms with E-state index in [1.165, 1.54) is 34.3 Å². The van der Waals surface area contributed by atoms with E-state index in [-0.39, 0.29) is 0 Å². The minimum absolute atomic E-state index is 0.995. The Kier molecular flexibility index (Phi) is 4.05. The van der Waals surface area contributed by atoms with Gasteiger partial charge in [-0.3, -0.25) is 4.98 Å². The van der Waals surface area contributed by atoms with Crippen molar-refractivity contribution in [2.75, 3.05) is 0 Å². The number of aromatic nitrogens is 2. The Labute approximate surface area is 126 Å². The number of aryl methyl sites for hydroxylation is 4. The SMILES string of the molecule is CCCc1c(C)cn2ccnc(CCc3ccccc3)c12. The van der Waals surface area contributed by atoms with Gasteiger partial charge >= 0.3 is 0 Å². The van der Waals surface area contributed by atoms with Crippen LogP contribution in [-0.2, 0) is 19.3 Å². The summed E-state index contributed by atoms with van der Waals surface area (Å²) in [5.41, 5.74) is 6.77. The molecule has 1 aromatic carbocycles. The van der Waals surface area contributed by atoms with Gasteiger partial charge < -0.3 is 4.40 Å². The predicted octanol–water partition coefficient (Wildman–Crippen LogP) is 4.38. The van der Waals surface area contributed by atoms with E-state index in [1.54, 1.807) is 0 Å². The van der Waals surface area contributed by atoms with Gasteiger partial charge in [0, 0.05) is 18.6 Å². The van der Waals surface area contributed by atoms with Crippen LogP contribution in [0.3, 0.4) is 0 Å². The summed E-state index contributed by atoms with van der Waals surface area (Å²) >= 11 is 0. The van der Waals surface area contributed by atoms with Crippen molar-refractivity contribution in [1.29, 1.82) is 0 Å². The van der Waals surface area contributed by atoms with E-state index >= 15 is 0 Å². The largest absolute Gasteiger partial charge is 0.320 e. The minimum Gasteiger partial charge on any atom is -0.320 e. The molecule has 0 amide bonds. The number of hydrogen-bond acceptors (Lipinski definition) is 1. The molecule has 0 aliphatic heterocycles. The van der Waals surface area contributed by atoms with Crippen LogP contribution in [0, 0.1) is 6.92 Å². The lowest BCUT2D eigenvalue weighted by Gasteiger charge is -2.07. The van der Waals surface area contributed by atoms with Crippen LogP contribution in [0.4, 0.5) is 0 Å². The van der Waals surface area contributed by atoms with Crippen molar-refractivity contribution in [3.8, 4) is 0 Å². The third kappa shape index (κ3) is 2.85. The van der Waals surface area contributed by atoms with Crippen LogP contribution in [0.1, 0.15) is 35.7 Å². The summed E-state index contributed by atoms with van der Waals surface area (Å²) < 4.78 is 2.24. The summed E-state index contributed by atoms with van der Waals surface area (Å²) in [6, 6.07) is 10.7. The second kappa shape index (κ2) is 6.13. The molecule has 3 rings (SSSR count). The second-order valence-corrected chi connectivity index (χ2v) is 5.66. The summed E-state index contributed by atoms with van der Waals surface area (Å²) in [5, 5.41) is 0. The highest BCUT2D eigenvalue weighted by molar-refractivity contribution is 5.62. The fraction of sp³-hybridized carbons (Fsp3) is 0.316. The molecule has 0 spiro atoms. The van der Waals surface area contributed by atoms with Crippen molar-refractivity contribution in [3.63, 3.8) is 0 Å².